The maximum atomic E-state index is 12.0. The molecule has 1 amide bonds. The molecule has 3 aromatic rings. The van der Waals surface area contributed by atoms with Crippen LogP contribution in [0.3, 0.4) is 0 Å². The standard InChI is InChI=1S/C18H14N4O3S2/c23-16(11-10-14-8-4-5-9-15(14)22(24)25)19-17-20-21-18(27-17)26-12-13-6-2-1-3-7-13/h1-11H,12H2,(H,19,20,23)/b11-10+. The first-order valence-corrected chi connectivity index (χ1v) is 9.65. The number of hydrogen-bond acceptors (Lipinski definition) is 7. The van der Waals surface area contributed by atoms with E-state index in [0.29, 0.717) is 10.7 Å². The summed E-state index contributed by atoms with van der Waals surface area (Å²) in [5.41, 5.74) is 1.47. The minimum absolute atomic E-state index is 0.0583. The number of carbonyl (C=O) groups is 1. The van der Waals surface area contributed by atoms with Gasteiger partial charge in [-0.3, -0.25) is 20.2 Å². The lowest BCUT2D eigenvalue weighted by Gasteiger charge is -1.97. The second-order valence-corrected chi connectivity index (χ2v) is 7.49. The van der Waals surface area contributed by atoms with Gasteiger partial charge in [-0.25, -0.2) is 0 Å². The monoisotopic (exact) mass is 398 g/mol. The molecule has 0 saturated heterocycles. The molecule has 2 aromatic carbocycles. The molecule has 1 N–H and O–H groups in total. The van der Waals surface area contributed by atoms with Crippen LogP contribution in [-0.4, -0.2) is 21.0 Å². The summed E-state index contributed by atoms with van der Waals surface area (Å²) in [7, 11) is 0. The maximum absolute atomic E-state index is 12.0. The number of nitro groups is 1. The number of nitrogens with zero attached hydrogens (tertiary/aromatic N) is 3. The Morgan fingerprint density at radius 1 is 1.15 bits per heavy atom. The first kappa shape index (κ1) is 18.7. The number of aromatic nitrogens is 2. The van der Waals surface area contributed by atoms with Gasteiger partial charge in [-0.15, -0.1) is 10.2 Å². The average molecular weight is 398 g/mol. The van der Waals surface area contributed by atoms with Gasteiger partial charge in [-0.1, -0.05) is 65.6 Å². The molecule has 1 heterocycles. The Bertz CT molecular complexity index is 974. The van der Waals surface area contributed by atoms with Crippen LogP contribution in [0.2, 0.25) is 0 Å². The second kappa shape index (κ2) is 9.06. The Morgan fingerprint density at radius 2 is 1.89 bits per heavy atom. The zero-order valence-electron chi connectivity index (χ0n) is 13.9. The topological polar surface area (TPSA) is 98.0 Å². The number of anilines is 1. The van der Waals surface area contributed by atoms with Crippen molar-refractivity contribution in [2.75, 3.05) is 5.32 Å². The van der Waals surface area contributed by atoms with Crippen molar-refractivity contribution in [2.24, 2.45) is 0 Å². The zero-order chi connectivity index (χ0) is 19.1. The zero-order valence-corrected chi connectivity index (χ0v) is 15.6. The van der Waals surface area contributed by atoms with Crippen molar-refractivity contribution in [3.63, 3.8) is 0 Å². The quantitative estimate of drug-likeness (QED) is 0.208. The third-order valence-corrected chi connectivity index (χ3v) is 5.43. The van der Waals surface area contributed by atoms with E-state index in [4.69, 9.17) is 0 Å². The Kier molecular flexibility index (Phi) is 6.29. The number of para-hydroxylation sites is 1. The van der Waals surface area contributed by atoms with Gasteiger partial charge in [-0.05, 0) is 17.7 Å². The van der Waals surface area contributed by atoms with E-state index < -0.39 is 10.8 Å². The van der Waals surface area contributed by atoms with Crippen LogP contribution in [0.5, 0.6) is 0 Å². The third kappa shape index (κ3) is 5.47. The number of nitrogens with one attached hydrogen (secondary N) is 1. The molecule has 0 aliphatic rings. The van der Waals surface area contributed by atoms with Crippen molar-refractivity contribution in [3.8, 4) is 0 Å². The summed E-state index contributed by atoms with van der Waals surface area (Å²) in [6.45, 7) is 0. The van der Waals surface area contributed by atoms with Gasteiger partial charge in [0.05, 0.1) is 10.5 Å². The molecule has 27 heavy (non-hydrogen) atoms. The van der Waals surface area contributed by atoms with Crippen molar-refractivity contribution in [3.05, 3.63) is 81.9 Å². The van der Waals surface area contributed by atoms with Gasteiger partial charge in [0.1, 0.15) is 0 Å². The van der Waals surface area contributed by atoms with E-state index in [1.54, 1.807) is 18.2 Å². The molecule has 7 nitrogen and oxygen atoms in total. The van der Waals surface area contributed by atoms with E-state index in [-0.39, 0.29) is 5.69 Å². The van der Waals surface area contributed by atoms with Gasteiger partial charge in [0.15, 0.2) is 4.34 Å². The lowest BCUT2D eigenvalue weighted by molar-refractivity contribution is -0.385. The van der Waals surface area contributed by atoms with E-state index >= 15 is 0 Å². The highest BCUT2D eigenvalue weighted by atomic mass is 32.2. The van der Waals surface area contributed by atoms with Crippen LogP contribution in [0.4, 0.5) is 10.8 Å². The molecule has 0 aliphatic heterocycles. The van der Waals surface area contributed by atoms with E-state index in [9.17, 15) is 14.9 Å². The summed E-state index contributed by atoms with van der Waals surface area (Å²) in [5.74, 6) is 0.338. The number of thioether (sulfide) groups is 1. The van der Waals surface area contributed by atoms with Crippen LogP contribution in [-0.2, 0) is 10.5 Å². The number of carbonyl (C=O) groups excluding carboxylic acids is 1. The van der Waals surface area contributed by atoms with Gasteiger partial charge in [-0.2, -0.15) is 0 Å². The maximum Gasteiger partial charge on any atom is 0.276 e. The number of amides is 1. The van der Waals surface area contributed by atoms with Crippen molar-refractivity contribution in [1.82, 2.24) is 10.2 Å². The number of benzene rings is 2. The summed E-state index contributed by atoms with van der Waals surface area (Å²) in [6.07, 6.45) is 2.64. The molecule has 0 radical (unpaired) electrons. The van der Waals surface area contributed by atoms with E-state index in [2.05, 4.69) is 15.5 Å². The second-order valence-electron chi connectivity index (χ2n) is 5.29. The van der Waals surface area contributed by atoms with Crippen molar-refractivity contribution in [1.29, 1.82) is 0 Å². The predicted molar refractivity (Wildman–Crippen MR) is 107 cm³/mol. The lowest BCUT2D eigenvalue weighted by Crippen LogP contribution is -2.07. The largest absolute Gasteiger partial charge is 0.297 e. The Balaban J connectivity index is 1.57. The third-order valence-electron chi connectivity index (χ3n) is 3.39. The highest BCUT2D eigenvalue weighted by molar-refractivity contribution is 8.00. The van der Waals surface area contributed by atoms with Gasteiger partial charge >= 0.3 is 0 Å². The SMILES string of the molecule is O=C(/C=C/c1ccccc1[N+](=O)[O-])Nc1nnc(SCc2ccccc2)s1. The molecule has 0 unspecified atom stereocenters. The van der Waals surface area contributed by atoms with E-state index in [0.717, 1.165) is 10.1 Å². The first-order chi connectivity index (χ1) is 13.1. The molecule has 0 saturated carbocycles. The lowest BCUT2D eigenvalue weighted by atomic mass is 10.1. The van der Waals surface area contributed by atoms with Crippen molar-refractivity contribution in [2.45, 2.75) is 10.1 Å². The molecule has 136 valence electrons. The minimum atomic E-state index is -0.488. The van der Waals surface area contributed by atoms with Gasteiger partial charge in [0, 0.05) is 17.9 Å². The molecular weight excluding hydrogens is 384 g/mol. The van der Waals surface area contributed by atoms with Gasteiger partial charge < -0.3 is 0 Å². The van der Waals surface area contributed by atoms with Crippen LogP contribution in [0.1, 0.15) is 11.1 Å². The smallest absolute Gasteiger partial charge is 0.276 e. The fourth-order valence-electron chi connectivity index (χ4n) is 2.15. The molecule has 0 atom stereocenters. The summed E-state index contributed by atoms with van der Waals surface area (Å²) < 4.78 is 0.747. The first-order valence-electron chi connectivity index (χ1n) is 7.84. The summed E-state index contributed by atoms with van der Waals surface area (Å²) in [6, 6.07) is 16.2. The van der Waals surface area contributed by atoms with Gasteiger partial charge in [0.25, 0.3) is 5.69 Å². The Labute approximate surface area is 163 Å². The molecule has 0 aliphatic carbocycles. The highest BCUT2D eigenvalue weighted by Crippen LogP contribution is 2.28. The van der Waals surface area contributed by atoms with Crippen LogP contribution >= 0.6 is 23.1 Å². The molecule has 0 spiro atoms. The average Bonchev–Trinajstić information content (AvgIpc) is 3.13. The van der Waals surface area contributed by atoms with E-state index in [1.165, 1.54) is 46.9 Å². The molecule has 3 rings (SSSR count). The summed E-state index contributed by atoms with van der Waals surface area (Å²) >= 11 is 2.81. The van der Waals surface area contributed by atoms with Crippen LogP contribution < -0.4 is 5.32 Å². The molecule has 0 bridgehead atoms. The van der Waals surface area contributed by atoms with Crippen LogP contribution in [0.25, 0.3) is 6.08 Å². The number of nitro benzene ring substituents is 1. The predicted octanol–water partition coefficient (Wildman–Crippen LogP) is 4.39. The van der Waals surface area contributed by atoms with Crippen molar-refractivity contribution >= 4 is 45.9 Å². The fraction of sp³-hybridized carbons (Fsp3) is 0.0556. The molecule has 9 heteroatoms. The molecular formula is C18H14N4O3S2. The molecule has 0 fully saturated rings. The summed E-state index contributed by atoms with van der Waals surface area (Å²) in [5, 5.41) is 22.0. The van der Waals surface area contributed by atoms with Crippen molar-refractivity contribution < 1.29 is 9.72 Å². The van der Waals surface area contributed by atoms with Gasteiger partial charge in [0.2, 0.25) is 11.0 Å². The Hall–Kier alpha value is -3.04. The highest BCUT2D eigenvalue weighted by Gasteiger charge is 2.11. The fourth-order valence-corrected chi connectivity index (χ4v) is 3.86. The Morgan fingerprint density at radius 3 is 2.67 bits per heavy atom. The van der Waals surface area contributed by atoms with Crippen LogP contribution in [0, 0.1) is 10.1 Å². The van der Waals surface area contributed by atoms with E-state index in [1.807, 2.05) is 30.3 Å². The normalized spacial score (nSPS) is 10.8. The number of rotatable bonds is 7. The minimum Gasteiger partial charge on any atom is -0.297 e. The number of hydrogen-bond donors (Lipinski definition) is 1. The molecule has 1 aromatic heterocycles. The summed E-state index contributed by atoms with van der Waals surface area (Å²) in [4.78, 5) is 22.5. The van der Waals surface area contributed by atoms with Crippen LogP contribution in [0.15, 0.2) is 65.0 Å².